The fourth-order valence-electron chi connectivity index (χ4n) is 6.10. The van der Waals surface area contributed by atoms with Crippen LogP contribution >= 0.6 is 0 Å². The molecular formula is C32H38F6N2O5. The number of nitrogens with zero attached hydrogens (tertiary/aromatic N) is 1. The smallest absolute Gasteiger partial charge is 0.430 e. The maximum absolute atomic E-state index is 13.8. The van der Waals surface area contributed by atoms with Crippen LogP contribution in [-0.2, 0) is 35.2 Å². The van der Waals surface area contributed by atoms with Gasteiger partial charge in [-0.15, -0.1) is 0 Å². The molecule has 0 radical (unpaired) electrons. The minimum absolute atomic E-state index is 0.0529. The van der Waals surface area contributed by atoms with Crippen molar-refractivity contribution in [1.29, 1.82) is 0 Å². The molecule has 2 N–H and O–H groups in total. The predicted octanol–water partition coefficient (Wildman–Crippen LogP) is 6.85. The largest absolute Gasteiger partial charge is 0.493 e. The number of hydrogen-bond donors (Lipinski definition) is 2. The molecule has 4 rings (SSSR count). The number of nitrogens with one attached hydrogen (secondary N) is 1. The first-order valence-electron chi connectivity index (χ1n) is 15.0. The van der Waals surface area contributed by atoms with Gasteiger partial charge in [0.15, 0.2) is 0 Å². The molecule has 1 aliphatic carbocycles. The normalized spacial score (nSPS) is 18.9. The first kappa shape index (κ1) is 34.4. The third kappa shape index (κ3) is 6.32. The van der Waals surface area contributed by atoms with E-state index in [0.717, 1.165) is 11.0 Å². The van der Waals surface area contributed by atoms with Crippen LogP contribution in [0.5, 0.6) is 11.5 Å². The Kier molecular flexibility index (Phi) is 9.73. The SMILES string of the molecule is CCCc1cc(C(O)(C(F)(F)F)C(F)(F)F)c2c(c1OCCCCN1C(=O)NC(C)(c3ccccc3OC(C)C)C1=O)CCC2. The van der Waals surface area contributed by atoms with Crippen molar-refractivity contribution < 1.29 is 50.5 Å². The minimum atomic E-state index is -5.98. The van der Waals surface area contributed by atoms with E-state index in [2.05, 4.69) is 5.32 Å². The van der Waals surface area contributed by atoms with Crippen LogP contribution in [0.25, 0.3) is 0 Å². The Morgan fingerprint density at radius 1 is 1.02 bits per heavy atom. The van der Waals surface area contributed by atoms with Gasteiger partial charge in [-0.1, -0.05) is 31.5 Å². The zero-order valence-electron chi connectivity index (χ0n) is 25.6. The number of unbranched alkanes of at least 4 members (excludes halogenated alkanes) is 1. The molecule has 13 heteroatoms. The molecule has 2 aliphatic rings. The number of aliphatic hydroxyl groups is 1. The van der Waals surface area contributed by atoms with E-state index >= 15 is 0 Å². The minimum Gasteiger partial charge on any atom is -0.493 e. The number of para-hydroxylation sites is 1. The quantitative estimate of drug-likeness (QED) is 0.150. The molecule has 1 heterocycles. The summed E-state index contributed by atoms with van der Waals surface area (Å²) in [6.07, 6.45) is -10.4. The fraction of sp³-hybridized carbons (Fsp3) is 0.562. The van der Waals surface area contributed by atoms with Gasteiger partial charge in [-0.3, -0.25) is 9.69 Å². The first-order chi connectivity index (χ1) is 21.0. The highest BCUT2D eigenvalue weighted by Crippen LogP contribution is 2.53. The summed E-state index contributed by atoms with van der Waals surface area (Å²) in [4.78, 5) is 27.4. The highest BCUT2D eigenvalue weighted by Gasteiger charge is 2.72. The van der Waals surface area contributed by atoms with Crippen LogP contribution in [0.15, 0.2) is 30.3 Å². The third-order valence-electron chi connectivity index (χ3n) is 8.24. The van der Waals surface area contributed by atoms with Crippen molar-refractivity contribution in [3.8, 4) is 11.5 Å². The lowest BCUT2D eigenvalue weighted by Gasteiger charge is -2.35. The Hall–Kier alpha value is -3.48. The van der Waals surface area contributed by atoms with Gasteiger partial charge in [-0.2, -0.15) is 26.3 Å². The summed E-state index contributed by atoms with van der Waals surface area (Å²) < 4.78 is 94.6. The van der Waals surface area contributed by atoms with Crippen LogP contribution in [0.2, 0.25) is 0 Å². The average molecular weight is 645 g/mol. The number of ether oxygens (including phenoxy) is 2. The topological polar surface area (TPSA) is 88.1 Å². The summed E-state index contributed by atoms with van der Waals surface area (Å²) in [5, 5.41) is 13.0. The molecule has 2 aromatic carbocycles. The van der Waals surface area contributed by atoms with E-state index in [9.17, 15) is 41.0 Å². The molecule has 1 atom stereocenters. The predicted molar refractivity (Wildman–Crippen MR) is 153 cm³/mol. The molecule has 1 fully saturated rings. The van der Waals surface area contributed by atoms with Crippen molar-refractivity contribution in [2.45, 2.75) is 102 Å². The number of alkyl halides is 6. The molecule has 0 aromatic heterocycles. The second-order valence-corrected chi connectivity index (χ2v) is 11.9. The average Bonchev–Trinajstić information content (AvgIpc) is 3.51. The van der Waals surface area contributed by atoms with Crippen molar-refractivity contribution in [3.63, 3.8) is 0 Å². The van der Waals surface area contributed by atoms with Crippen LogP contribution < -0.4 is 14.8 Å². The zero-order valence-corrected chi connectivity index (χ0v) is 25.6. The van der Waals surface area contributed by atoms with E-state index in [1.807, 2.05) is 13.8 Å². The number of imide groups is 1. The van der Waals surface area contributed by atoms with Crippen LogP contribution in [0.4, 0.5) is 31.1 Å². The van der Waals surface area contributed by atoms with Crippen molar-refractivity contribution in [1.82, 2.24) is 10.2 Å². The van der Waals surface area contributed by atoms with Gasteiger partial charge in [-0.25, -0.2) is 4.79 Å². The van der Waals surface area contributed by atoms with Gasteiger partial charge < -0.3 is 19.9 Å². The van der Waals surface area contributed by atoms with Crippen LogP contribution in [0.3, 0.4) is 0 Å². The zero-order chi connectivity index (χ0) is 33.4. The van der Waals surface area contributed by atoms with E-state index < -0.39 is 41.0 Å². The Balaban J connectivity index is 1.49. The monoisotopic (exact) mass is 644 g/mol. The summed E-state index contributed by atoms with van der Waals surface area (Å²) in [6.45, 7) is 7.16. The number of urea groups is 1. The van der Waals surface area contributed by atoms with Gasteiger partial charge in [0.1, 0.15) is 17.0 Å². The molecule has 2 aromatic rings. The Morgan fingerprint density at radius 2 is 1.67 bits per heavy atom. The molecule has 7 nitrogen and oxygen atoms in total. The first-order valence-corrected chi connectivity index (χ1v) is 15.0. The number of amides is 3. The fourth-order valence-corrected chi connectivity index (χ4v) is 6.10. The molecule has 0 spiro atoms. The third-order valence-corrected chi connectivity index (χ3v) is 8.24. The highest BCUT2D eigenvalue weighted by molar-refractivity contribution is 6.07. The Labute approximate surface area is 257 Å². The molecule has 248 valence electrons. The van der Waals surface area contributed by atoms with Crippen LogP contribution in [-0.4, -0.2) is 53.6 Å². The number of carbonyl (C=O) groups excluding carboxylic acids is 2. The standard InChI is InChI=1S/C32H38F6N2O5/c1-5-11-20-18-24(30(43,31(33,34)35)32(36,37)38)21-12-10-13-22(21)26(20)44-17-9-8-16-40-27(41)29(4,39-28(40)42)23-14-6-7-15-25(23)45-19(2)3/h6-7,14-15,18-19,43H,5,8-13,16-17H2,1-4H3,(H,39,42). The molecule has 0 bridgehead atoms. The van der Waals surface area contributed by atoms with Gasteiger partial charge >= 0.3 is 18.4 Å². The van der Waals surface area contributed by atoms with Gasteiger partial charge in [0.25, 0.3) is 11.5 Å². The van der Waals surface area contributed by atoms with Gasteiger partial charge in [0.05, 0.1) is 12.7 Å². The highest BCUT2D eigenvalue weighted by atomic mass is 19.4. The molecule has 45 heavy (non-hydrogen) atoms. The summed E-state index contributed by atoms with van der Waals surface area (Å²) in [6, 6.07) is 7.18. The van der Waals surface area contributed by atoms with Gasteiger partial charge in [0.2, 0.25) is 0 Å². The number of carbonyl (C=O) groups is 2. The van der Waals surface area contributed by atoms with Crippen molar-refractivity contribution in [2.75, 3.05) is 13.2 Å². The maximum Gasteiger partial charge on any atom is 0.430 e. The number of halogens is 6. The van der Waals surface area contributed by atoms with Crippen LogP contribution in [0.1, 0.15) is 81.2 Å². The lowest BCUT2D eigenvalue weighted by Crippen LogP contribution is -2.54. The van der Waals surface area contributed by atoms with E-state index in [1.54, 1.807) is 38.1 Å². The second kappa shape index (κ2) is 12.7. The maximum atomic E-state index is 13.8. The number of hydrogen-bond acceptors (Lipinski definition) is 5. The number of aryl methyl sites for hydroxylation is 1. The second-order valence-electron chi connectivity index (χ2n) is 11.9. The van der Waals surface area contributed by atoms with Gasteiger partial charge in [-0.05, 0) is 88.1 Å². The lowest BCUT2D eigenvalue weighted by atomic mass is 9.84. The molecular weight excluding hydrogens is 606 g/mol. The number of fused-ring (bicyclic) bond motifs is 1. The lowest BCUT2D eigenvalue weighted by molar-refractivity contribution is -0.376. The van der Waals surface area contributed by atoms with Crippen molar-refractivity contribution >= 4 is 11.9 Å². The molecule has 3 amide bonds. The summed E-state index contributed by atoms with van der Waals surface area (Å²) in [5.41, 5.74) is -6.80. The number of benzene rings is 2. The van der Waals surface area contributed by atoms with Crippen LogP contribution in [0, 0.1) is 0 Å². The van der Waals surface area contributed by atoms with Gasteiger partial charge in [0, 0.05) is 17.7 Å². The Morgan fingerprint density at radius 3 is 2.29 bits per heavy atom. The molecule has 0 saturated carbocycles. The molecule has 1 unspecified atom stereocenters. The summed E-state index contributed by atoms with van der Waals surface area (Å²) >= 11 is 0. The van der Waals surface area contributed by atoms with E-state index in [-0.39, 0.29) is 61.0 Å². The van der Waals surface area contributed by atoms with E-state index in [1.165, 1.54) is 0 Å². The molecule has 1 aliphatic heterocycles. The Bertz CT molecular complexity index is 1410. The van der Waals surface area contributed by atoms with Crippen molar-refractivity contribution in [2.24, 2.45) is 0 Å². The summed E-state index contributed by atoms with van der Waals surface area (Å²) in [7, 11) is 0. The number of rotatable bonds is 12. The van der Waals surface area contributed by atoms with Crippen molar-refractivity contribution in [3.05, 3.63) is 58.1 Å². The van der Waals surface area contributed by atoms with E-state index in [0.29, 0.717) is 37.0 Å². The summed E-state index contributed by atoms with van der Waals surface area (Å²) in [5.74, 6) is 0.266. The molecule has 1 saturated heterocycles. The van der Waals surface area contributed by atoms with E-state index in [4.69, 9.17) is 9.47 Å².